The van der Waals surface area contributed by atoms with Gasteiger partial charge in [0.25, 0.3) is 5.91 Å². The molecular formula is C23H31N3O4S. The summed E-state index contributed by atoms with van der Waals surface area (Å²) in [4.78, 5) is 29.3. The fourth-order valence-corrected chi connectivity index (χ4v) is 4.38. The molecule has 2 amide bonds. The summed E-state index contributed by atoms with van der Waals surface area (Å²) < 4.78 is 11.1. The van der Waals surface area contributed by atoms with Crippen LogP contribution in [0.1, 0.15) is 67.4 Å². The lowest BCUT2D eigenvalue weighted by atomic mass is 9.90. The molecule has 0 spiro atoms. The molecule has 1 aliphatic rings. The Kier molecular flexibility index (Phi) is 8.70. The molecule has 2 atom stereocenters. The molecule has 0 unspecified atom stereocenters. The van der Waals surface area contributed by atoms with E-state index in [1.54, 1.807) is 12.5 Å². The number of nitrogens with zero attached hydrogens (tertiary/aromatic N) is 1. The van der Waals surface area contributed by atoms with Crippen molar-refractivity contribution in [2.45, 2.75) is 70.6 Å². The van der Waals surface area contributed by atoms with Gasteiger partial charge in [0.1, 0.15) is 17.3 Å². The van der Waals surface area contributed by atoms with Crippen LogP contribution in [0.25, 0.3) is 0 Å². The van der Waals surface area contributed by atoms with Crippen molar-refractivity contribution < 1.29 is 19.1 Å². The average molecular weight is 446 g/mol. The van der Waals surface area contributed by atoms with Gasteiger partial charge in [0.15, 0.2) is 11.5 Å². The maximum atomic E-state index is 12.8. The smallest absolute Gasteiger partial charge is 0.271 e. The van der Waals surface area contributed by atoms with Gasteiger partial charge < -0.3 is 20.1 Å². The van der Waals surface area contributed by atoms with Gasteiger partial charge in [-0.2, -0.15) is 0 Å². The van der Waals surface area contributed by atoms with Crippen LogP contribution in [0.5, 0.6) is 11.5 Å². The second-order valence-electron chi connectivity index (χ2n) is 7.71. The highest BCUT2D eigenvalue weighted by atomic mass is 32.1. The first-order valence-electron chi connectivity index (χ1n) is 10.9. The minimum absolute atomic E-state index is 0.0194. The van der Waals surface area contributed by atoms with Gasteiger partial charge in [-0.25, -0.2) is 4.98 Å². The lowest BCUT2D eigenvalue weighted by molar-refractivity contribution is -0.122. The van der Waals surface area contributed by atoms with Crippen LogP contribution in [-0.2, 0) is 11.4 Å². The van der Waals surface area contributed by atoms with Gasteiger partial charge >= 0.3 is 0 Å². The molecule has 168 valence electrons. The summed E-state index contributed by atoms with van der Waals surface area (Å²) in [5.41, 5.74) is 0.380. The zero-order valence-corrected chi connectivity index (χ0v) is 19.0. The molecule has 1 aromatic heterocycles. The Morgan fingerprint density at radius 1 is 1.13 bits per heavy atom. The normalized spacial score (nSPS) is 18.3. The fourth-order valence-electron chi connectivity index (χ4n) is 3.69. The van der Waals surface area contributed by atoms with Crippen LogP contribution < -0.4 is 20.1 Å². The largest absolute Gasteiger partial charge is 0.493 e. The minimum Gasteiger partial charge on any atom is -0.493 e. The van der Waals surface area contributed by atoms with Gasteiger partial charge in [-0.3, -0.25) is 9.59 Å². The van der Waals surface area contributed by atoms with E-state index < -0.39 is 0 Å². The lowest BCUT2D eigenvalue weighted by Crippen LogP contribution is -2.53. The molecule has 0 radical (unpaired) electrons. The molecule has 1 aromatic carbocycles. The number of aromatic nitrogens is 1. The van der Waals surface area contributed by atoms with Crippen molar-refractivity contribution in [2.75, 3.05) is 7.11 Å². The number of benzene rings is 1. The lowest BCUT2D eigenvalue weighted by Gasteiger charge is -2.32. The number of amides is 2. The van der Waals surface area contributed by atoms with Gasteiger partial charge in [0.2, 0.25) is 5.91 Å². The van der Waals surface area contributed by atoms with Crippen molar-refractivity contribution in [1.82, 2.24) is 15.6 Å². The molecular weight excluding hydrogens is 414 g/mol. The summed E-state index contributed by atoms with van der Waals surface area (Å²) in [6.07, 6.45) is 6.26. The third kappa shape index (κ3) is 6.69. The van der Waals surface area contributed by atoms with Crippen LogP contribution in [-0.4, -0.2) is 36.0 Å². The summed E-state index contributed by atoms with van der Waals surface area (Å²) in [5, 5.41) is 8.65. The van der Waals surface area contributed by atoms with Crippen LogP contribution in [0.15, 0.2) is 29.6 Å². The van der Waals surface area contributed by atoms with E-state index in [0.717, 1.165) is 38.5 Å². The molecule has 1 fully saturated rings. The maximum absolute atomic E-state index is 12.8. The third-order valence-electron chi connectivity index (χ3n) is 5.39. The Bertz CT molecular complexity index is 870. The van der Waals surface area contributed by atoms with Gasteiger partial charge in [0, 0.05) is 23.9 Å². The molecule has 0 saturated heterocycles. The molecule has 8 heteroatoms. The summed E-state index contributed by atoms with van der Waals surface area (Å²) >= 11 is 1.39. The number of unbranched alkanes of at least 4 members (excludes halogenated alkanes) is 1. The Hall–Kier alpha value is -2.61. The monoisotopic (exact) mass is 445 g/mol. The fraction of sp³-hybridized carbons (Fsp3) is 0.522. The van der Waals surface area contributed by atoms with Gasteiger partial charge in [-0.1, -0.05) is 38.3 Å². The van der Waals surface area contributed by atoms with Crippen molar-refractivity contribution in [3.8, 4) is 11.5 Å². The molecule has 31 heavy (non-hydrogen) atoms. The van der Waals surface area contributed by atoms with Crippen molar-refractivity contribution in [2.24, 2.45) is 0 Å². The number of rotatable bonds is 10. The Morgan fingerprint density at radius 3 is 2.55 bits per heavy atom. The average Bonchev–Trinajstić information content (AvgIpc) is 3.27. The molecule has 0 aliphatic heterocycles. The predicted molar refractivity (Wildman–Crippen MR) is 121 cm³/mol. The highest BCUT2D eigenvalue weighted by Gasteiger charge is 2.28. The Labute approximate surface area is 187 Å². The molecule has 2 aromatic rings. The van der Waals surface area contributed by atoms with Crippen LogP contribution in [0.3, 0.4) is 0 Å². The summed E-state index contributed by atoms with van der Waals surface area (Å²) in [7, 11) is 1.60. The molecule has 1 saturated carbocycles. The number of methoxy groups -OCH3 is 1. The van der Waals surface area contributed by atoms with Gasteiger partial charge in [-0.05, 0) is 31.4 Å². The summed E-state index contributed by atoms with van der Waals surface area (Å²) in [6.45, 7) is 2.33. The van der Waals surface area contributed by atoms with E-state index in [-0.39, 0.29) is 30.5 Å². The predicted octanol–water partition coefficient (Wildman–Crippen LogP) is 4.08. The first-order chi connectivity index (χ1) is 15.1. The molecule has 1 heterocycles. The number of hydrogen-bond donors (Lipinski definition) is 2. The van der Waals surface area contributed by atoms with E-state index in [9.17, 15) is 9.59 Å². The molecule has 3 rings (SSSR count). The van der Waals surface area contributed by atoms with Crippen molar-refractivity contribution in [3.05, 3.63) is 40.3 Å². The molecule has 0 bridgehead atoms. The Balaban J connectivity index is 1.55. The summed E-state index contributed by atoms with van der Waals surface area (Å²) in [6, 6.07) is 7.33. The zero-order valence-electron chi connectivity index (χ0n) is 18.2. The number of thiazole rings is 1. The molecule has 1 aliphatic carbocycles. The van der Waals surface area contributed by atoms with Gasteiger partial charge in [0.05, 0.1) is 7.11 Å². The van der Waals surface area contributed by atoms with E-state index >= 15 is 0 Å². The highest BCUT2D eigenvalue weighted by Crippen LogP contribution is 2.27. The number of carbonyl (C=O) groups is 2. The molecule has 2 N–H and O–H groups in total. The number of ether oxygens (including phenoxy) is 2. The second-order valence-corrected chi connectivity index (χ2v) is 8.65. The highest BCUT2D eigenvalue weighted by molar-refractivity contribution is 7.09. The number of para-hydroxylation sites is 2. The number of carbonyl (C=O) groups excluding carboxylic acids is 2. The van der Waals surface area contributed by atoms with E-state index in [4.69, 9.17) is 9.47 Å². The quantitative estimate of drug-likeness (QED) is 0.575. The Morgan fingerprint density at radius 2 is 1.84 bits per heavy atom. The van der Waals surface area contributed by atoms with E-state index in [1.807, 2.05) is 24.3 Å². The van der Waals surface area contributed by atoms with Crippen molar-refractivity contribution in [1.29, 1.82) is 0 Å². The van der Waals surface area contributed by atoms with Crippen LogP contribution in [0, 0.1) is 0 Å². The summed E-state index contributed by atoms with van der Waals surface area (Å²) in [5.74, 6) is 1.15. The first kappa shape index (κ1) is 23.1. The maximum Gasteiger partial charge on any atom is 0.271 e. The van der Waals surface area contributed by atoms with Crippen LogP contribution in [0.2, 0.25) is 0 Å². The number of hydrogen-bond acceptors (Lipinski definition) is 6. The topological polar surface area (TPSA) is 89.6 Å². The minimum atomic E-state index is -0.209. The zero-order chi connectivity index (χ0) is 22.1. The number of nitrogens with one attached hydrogen (secondary N) is 2. The first-order valence-corrected chi connectivity index (χ1v) is 11.8. The van der Waals surface area contributed by atoms with E-state index in [0.29, 0.717) is 28.6 Å². The van der Waals surface area contributed by atoms with Gasteiger partial charge in [-0.15, -0.1) is 11.3 Å². The second kappa shape index (κ2) is 11.7. The standard InChI is InChI=1S/C23H31N3O4S/c1-3-4-13-21(27)24-16-9-5-6-10-17(16)26-23(28)18-15-31-22(25-18)14-30-20-12-8-7-11-19(20)29-2/h7-8,11-12,15-17H,3-6,9-10,13-14H2,1-2H3,(H,24,27)(H,26,28)/t16-,17+/m1/s1. The van der Waals surface area contributed by atoms with Crippen molar-refractivity contribution >= 4 is 23.2 Å². The van der Waals surface area contributed by atoms with Crippen LogP contribution in [0.4, 0.5) is 0 Å². The molecule has 7 nitrogen and oxygen atoms in total. The van der Waals surface area contributed by atoms with E-state index in [2.05, 4.69) is 22.5 Å². The van der Waals surface area contributed by atoms with E-state index in [1.165, 1.54) is 11.3 Å². The SMILES string of the molecule is CCCCC(=O)N[C@@H]1CCCC[C@@H]1NC(=O)c1csc(COc2ccccc2OC)n1. The van der Waals surface area contributed by atoms with Crippen molar-refractivity contribution in [3.63, 3.8) is 0 Å². The third-order valence-corrected chi connectivity index (χ3v) is 6.21. The van der Waals surface area contributed by atoms with Crippen LogP contribution >= 0.6 is 11.3 Å².